The summed E-state index contributed by atoms with van der Waals surface area (Å²) in [5.41, 5.74) is 4.03. The molecule has 1 aliphatic heterocycles. The van der Waals surface area contributed by atoms with Crippen LogP contribution in [0.5, 0.6) is 17.2 Å². The second-order valence-corrected chi connectivity index (χ2v) is 6.21. The summed E-state index contributed by atoms with van der Waals surface area (Å²) in [6, 6.07) is 16.8. The number of nitrogens with one attached hydrogen (secondary N) is 1. The summed E-state index contributed by atoms with van der Waals surface area (Å²) in [5, 5.41) is 16.0. The average molecular weight is 362 g/mol. The Morgan fingerprint density at radius 1 is 1.11 bits per heavy atom. The summed E-state index contributed by atoms with van der Waals surface area (Å²) < 4.78 is 10.6. The molecular formula is C21H18N2O4. The Kier molecular flexibility index (Phi) is 4.61. The van der Waals surface area contributed by atoms with E-state index >= 15 is 0 Å². The van der Waals surface area contributed by atoms with Gasteiger partial charge in [0.1, 0.15) is 5.75 Å². The number of phenolic OH excluding ortho intramolecular Hbond substituents is 1. The van der Waals surface area contributed by atoms with Gasteiger partial charge in [-0.25, -0.2) is 5.43 Å². The first-order valence-electron chi connectivity index (χ1n) is 8.62. The number of fused-ring (bicyclic) bond motifs is 2. The van der Waals surface area contributed by atoms with E-state index in [1.54, 1.807) is 6.07 Å². The van der Waals surface area contributed by atoms with E-state index < -0.39 is 0 Å². The van der Waals surface area contributed by atoms with Gasteiger partial charge in [-0.1, -0.05) is 36.4 Å². The summed E-state index contributed by atoms with van der Waals surface area (Å²) in [5.74, 6) is 1.37. The van der Waals surface area contributed by atoms with E-state index in [1.165, 1.54) is 6.21 Å². The number of phenols is 1. The number of hydrogen-bond acceptors (Lipinski definition) is 5. The largest absolute Gasteiger partial charge is 0.507 e. The molecule has 3 aromatic carbocycles. The van der Waals surface area contributed by atoms with Crippen molar-refractivity contribution in [2.45, 2.75) is 12.8 Å². The maximum atomic E-state index is 12.0. The molecule has 0 saturated heterocycles. The number of rotatable bonds is 5. The SMILES string of the molecule is O=C(CCc1ccc2c(c1)OCO2)N/N=C\c1ccc2ccccc2c1O. The number of hydrogen-bond donors (Lipinski definition) is 2. The van der Waals surface area contributed by atoms with Crippen LogP contribution in [-0.2, 0) is 11.2 Å². The molecule has 6 nitrogen and oxygen atoms in total. The number of hydrazone groups is 1. The summed E-state index contributed by atoms with van der Waals surface area (Å²) in [6.07, 6.45) is 2.31. The molecule has 1 amide bonds. The van der Waals surface area contributed by atoms with Crippen LogP contribution in [0.15, 0.2) is 59.7 Å². The molecule has 136 valence electrons. The van der Waals surface area contributed by atoms with Crippen LogP contribution in [0, 0.1) is 0 Å². The quantitative estimate of drug-likeness (QED) is 0.539. The third-order valence-corrected chi connectivity index (χ3v) is 4.40. The van der Waals surface area contributed by atoms with Crippen molar-refractivity contribution in [3.05, 3.63) is 65.7 Å². The predicted molar refractivity (Wildman–Crippen MR) is 102 cm³/mol. The molecule has 2 N–H and O–H groups in total. The summed E-state index contributed by atoms with van der Waals surface area (Å²) in [6.45, 7) is 0.232. The van der Waals surface area contributed by atoms with Crippen molar-refractivity contribution in [2.75, 3.05) is 6.79 Å². The van der Waals surface area contributed by atoms with Crippen molar-refractivity contribution < 1.29 is 19.4 Å². The zero-order chi connectivity index (χ0) is 18.6. The zero-order valence-electron chi connectivity index (χ0n) is 14.5. The van der Waals surface area contributed by atoms with E-state index in [9.17, 15) is 9.90 Å². The lowest BCUT2D eigenvalue weighted by Gasteiger charge is -2.05. The van der Waals surface area contributed by atoms with Gasteiger partial charge in [-0.05, 0) is 35.6 Å². The van der Waals surface area contributed by atoms with E-state index in [0.717, 1.165) is 22.1 Å². The molecule has 0 atom stereocenters. The molecule has 0 aliphatic carbocycles. The Balaban J connectivity index is 1.34. The Bertz CT molecular complexity index is 1030. The first kappa shape index (κ1) is 16.9. The monoisotopic (exact) mass is 362 g/mol. The smallest absolute Gasteiger partial charge is 0.240 e. The summed E-state index contributed by atoms with van der Waals surface area (Å²) in [7, 11) is 0. The second kappa shape index (κ2) is 7.37. The molecule has 0 radical (unpaired) electrons. The van der Waals surface area contributed by atoms with Gasteiger partial charge in [0.05, 0.1) is 6.21 Å². The van der Waals surface area contributed by atoms with Crippen molar-refractivity contribution in [1.29, 1.82) is 0 Å². The highest BCUT2D eigenvalue weighted by Gasteiger charge is 2.13. The Morgan fingerprint density at radius 2 is 1.96 bits per heavy atom. The third kappa shape index (κ3) is 3.69. The number of amides is 1. The minimum Gasteiger partial charge on any atom is -0.507 e. The predicted octanol–water partition coefficient (Wildman–Crippen LogP) is 3.36. The highest BCUT2D eigenvalue weighted by molar-refractivity contribution is 5.97. The second-order valence-electron chi connectivity index (χ2n) is 6.21. The molecule has 0 saturated carbocycles. The van der Waals surface area contributed by atoms with Gasteiger partial charge in [-0.15, -0.1) is 0 Å². The van der Waals surface area contributed by atoms with Crippen molar-refractivity contribution in [3.8, 4) is 17.2 Å². The number of benzene rings is 3. The first-order valence-corrected chi connectivity index (χ1v) is 8.62. The van der Waals surface area contributed by atoms with Gasteiger partial charge in [0.2, 0.25) is 12.7 Å². The van der Waals surface area contributed by atoms with Crippen LogP contribution in [0.2, 0.25) is 0 Å². The number of ether oxygens (including phenoxy) is 2. The summed E-state index contributed by atoms with van der Waals surface area (Å²) in [4.78, 5) is 12.0. The summed E-state index contributed by atoms with van der Waals surface area (Å²) >= 11 is 0. The molecule has 0 unspecified atom stereocenters. The highest BCUT2D eigenvalue weighted by Crippen LogP contribution is 2.32. The Hall–Kier alpha value is -3.54. The van der Waals surface area contributed by atoms with Gasteiger partial charge in [0.25, 0.3) is 0 Å². The third-order valence-electron chi connectivity index (χ3n) is 4.40. The number of aryl methyl sites for hydroxylation is 1. The molecule has 0 fully saturated rings. The topological polar surface area (TPSA) is 80.2 Å². The van der Waals surface area contributed by atoms with Crippen molar-refractivity contribution >= 4 is 22.9 Å². The molecule has 1 aliphatic rings. The van der Waals surface area contributed by atoms with Crippen molar-refractivity contribution in [3.63, 3.8) is 0 Å². The molecular weight excluding hydrogens is 344 g/mol. The molecule has 1 heterocycles. The lowest BCUT2D eigenvalue weighted by Crippen LogP contribution is -2.17. The van der Waals surface area contributed by atoms with Gasteiger partial charge in [0, 0.05) is 17.4 Å². The Morgan fingerprint density at radius 3 is 2.89 bits per heavy atom. The van der Waals surface area contributed by atoms with E-state index in [4.69, 9.17) is 9.47 Å². The fourth-order valence-electron chi connectivity index (χ4n) is 2.96. The number of carbonyl (C=O) groups excluding carboxylic acids is 1. The van der Waals surface area contributed by atoms with Crippen molar-refractivity contribution in [1.82, 2.24) is 5.43 Å². The number of nitrogens with zero attached hydrogens (tertiary/aromatic N) is 1. The molecule has 0 bridgehead atoms. The van der Waals surface area contributed by atoms with E-state index in [2.05, 4.69) is 10.5 Å². The van der Waals surface area contributed by atoms with Gasteiger partial charge < -0.3 is 14.6 Å². The molecule has 0 spiro atoms. The van der Waals surface area contributed by atoms with Crippen LogP contribution >= 0.6 is 0 Å². The van der Waals surface area contributed by atoms with Crippen LogP contribution in [0.3, 0.4) is 0 Å². The average Bonchev–Trinajstić information content (AvgIpc) is 3.16. The highest BCUT2D eigenvalue weighted by atomic mass is 16.7. The van der Waals surface area contributed by atoms with E-state index in [1.807, 2.05) is 48.5 Å². The molecule has 3 aromatic rings. The molecule has 6 heteroatoms. The van der Waals surface area contributed by atoms with Gasteiger partial charge in [-0.2, -0.15) is 5.10 Å². The van der Waals surface area contributed by atoms with Crippen LogP contribution in [0.4, 0.5) is 0 Å². The van der Waals surface area contributed by atoms with Crippen molar-refractivity contribution in [2.24, 2.45) is 5.10 Å². The maximum absolute atomic E-state index is 12.0. The maximum Gasteiger partial charge on any atom is 0.240 e. The minimum atomic E-state index is -0.204. The van der Waals surface area contributed by atoms with Crippen LogP contribution in [0.1, 0.15) is 17.5 Å². The fraction of sp³-hybridized carbons (Fsp3) is 0.143. The molecule has 27 heavy (non-hydrogen) atoms. The number of aromatic hydroxyl groups is 1. The first-order chi connectivity index (χ1) is 13.2. The van der Waals surface area contributed by atoms with Crippen LogP contribution in [0.25, 0.3) is 10.8 Å². The van der Waals surface area contributed by atoms with Gasteiger partial charge in [-0.3, -0.25) is 4.79 Å². The van der Waals surface area contributed by atoms with Crippen LogP contribution < -0.4 is 14.9 Å². The normalized spacial score (nSPS) is 12.6. The van der Waals surface area contributed by atoms with E-state index in [0.29, 0.717) is 24.2 Å². The minimum absolute atomic E-state index is 0.145. The van der Waals surface area contributed by atoms with Crippen LogP contribution in [-0.4, -0.2) is 24.0 Å². The molecule has 4 rings (SSSR count). The van der Waals surface area contributed by atoms with Gasteiger partial charge >= 0.3 is 0 Å². The van der Waals surface area contributed by atoms with Gasteiger partial charge in [0.15, 0.2) is 11.5 Å². The molecule has 0 aromatic heterocycles. The lowest BCUT2D eigenvalue weighted by molar-refractivity contribution is -0.121. The number of carbonyl (C=O) groups is 1. The lowest BCUT2D eigenvalue weighted by atomic mass is 10.1. The zero-order valence-corrected chi connectivity index (χ0v) is 14.5. The fourth-order valence-corrected chi connectivity index (χ4v) is 2.96. The standard InChI is InChI=1S/C21H18N2O4/c24-20(10-6-14-5-9-18-19(11-14)27-13-26-18)23-22-12-16-8-7-15-3-1-2-4-17(15)21(16)25/h1-5,7-9,11-12,25H,6,10,13H2,(H,23,24)/b22-12-. The van der Waals surface area contributed by atoms with E-state index in [-0.39, 0.29) is 18.4 Å². The Labute approximate surface area is 156 Å².